The van der Waals surface area contributed by atoms with E-state index in [0.717, 1.165) is 18.2 Å². The van der Waals surface area contributed by atoms with Gasteiger partial charge in [0.1, 0.15) is 11.6 Å². The Morgan fingerprint density at radius 2 is 1.82 bits per heavy atom. The van der Waals surface area contributed by atoms with Crippen LogP contribution in [-0.2, 0) is 13.5 Å². The molecule has 2 aromatic carbocycles. The second-order valence-corrected chi connectivity index (χ2v) is 6.64. The van der Waals surface area contributed by atoms with Crippen molar-refractivity contribution in [2.45, 2.75) is 6.42 Å². The quantitative estimate of drug-likeness (QED) is 0.522. The minimum atomic E-state index is -1.06. The first-order chi connectivity index (χ1) is 13.3. The van der Waals surface area contributed by atoms with Gasteiger partial charge in [-0.25, -0.2) is 18.2 Å². The molecule has 5 nitrogen and oxygen atoms in total. The highest BCUT2D eigenvalue weighted by molar-refractivity contribution is 6.30. The van der Waals surface area contributed by atoms with E-state index >= 15 is 0 Å². The zero-order chi connectivity index (χ0) is 20.0. The molecule has 0 saturated heterocycles. The monoisotopic (exact) mass is 404 g/mol. The number of fused-ring (bicyclic) bond motifs is 1. The fourth-order valence-corrected chi connectivity index (χ4v) is 3.19. The summed E-state index contributed by atoms with van der Waals surface area (Å²) in [5.74, 6) is -2.49. The molecule has 2 aromatic heterocycles. The molecule has 0 amide bonds. The largest absolute Gasteiger partial charge is 0.319 e. The minimum Gasteiger partial charge on any atom is -0.319 e. The van der Waals surface area contributed by atoms with E-state index in [9.17, 15) is 18.0 Å². The first-order valence-corrected chi connectivity index (χ1v) is 8.55. The Morgan fingerprint density at radius 1 is 1.04 bits per heavy atom. The van der Waals surface area contributed by atoms with Crippen LogP contribution < -0.4 is 5.56 Å². The van der Waals surface area contributed by atoms with Crippen molar-refractivity contribution in [1.82, 2.24) is 19.1 Å². The lowest BCUT2D eigenvalue weighted by molar-refractivity contribution is 0.508. The van der Waals surface area contributed by atoms with Gasteiger partial charge in [0, 0.05) is 24.6 Å². The number of rotatable bonds is 3. The third-order valence-corrected chi connectivity index (χ3v) is 4.57. The fraction of sp³-hybridized carbons (Fsp3) is 0.105. The van der Waals surface area contributed by atoms with E-state index in [1.165, 1.54) is 29.1 Å². The SMILES string of the molecule is Cn1cnc2c(=O)nc(Cc3ccc(Cl)cc3F)n(-c3ccc(F)c(F)c3)c21. The van der Waals surface area contributed by atoms with Crippen LogP contribution in [0.1, 0.15) is 11.4 Å². The van der Waals surface area contributed by atoms with Crippen LogP contribution in [0.4, 0.5) is 13.2 Å². The lowest BCUT2D eigenvalue weighted by Crippen LogP contribution is -2.20. The Labute approximate surface area is 161 Å². The summed E-state index contributed by atoms with van der Waals surface area (Å²) in [4.78, 5) is 20.4. The van der Waals surface area contributed by atoms with Crippen molar-refractivity contribution >= 4 is 22.8 Å². The van der Waals surface area contributed by atoms with Crippen LogP contribution in [0, 0.1) is 17.5 Å². The number of halogens is 4. The highest BCUT2D eigenvalue weighted by Gasteiger charge is 2.19. The summed E-state index contributed by atoms with van der Waals surface area (Å²) in [7, 11) is 1.65. The van der Waals surface area contributed by atoms with E-state index in [1.807, 2.05) is 0 Å². The van der Waals surface area contributed by atoms with Crippen LogP contribution in [0.2, 0.25) is 5.02 Å². The van der Waals surface area contributed by atoms with Crippen LogP contribution in [0.5, 0.6) is 0 Å². The van der Waals surface area contributed by atoms with Gasteiger partial charge in [-0.1, -0.05) is 17.7 Å². The molecule has 0 N–H and O–H groups in total. The second kappa shape index (κ2) is 6.79. The molecule has 0 aliphatic heterocycles. The number of nitrogens with zero attached hydrogens (tertiary/aromatic N) is 4. The Morgan fingerprint density at radius 3 is 2.54 bits per heavy atom. The highest BCUT2D eigenvalue weighted by atomic mass is 35.5. The predicted molar refractivity (Wildman–Crippen MR) is 98.2 cm³/mol. The zero-order valence-corrected chi connectivity index (χ0v) is 15.2. The maximum absolute atomic E-state index is 14.3. The van der Waals surface area contributed by atoms with E-state index in [-0.39, 0.29) is 34.0 Å². The van der Waals surface area contributed by atoms with Crippen molar-refractivity contribution in [3.63, 3.8) is 0 Å². The number of benzene rings is 2. The van der Waals surface area contributed by atoms with Gasteiger partial charge in [0.05, 0.1) is 12.0 Å². The van der Waals surface area contributed by atoms with Gasteiger partial charge in [0.25, 0.3) is 0 Å². The molecule has 4 aromatic rings. The van der Waals surface area contributed by atoms with Crippen LogP contribution in [0.3, 0.4) is 0 Å². The van der Waals surface area contributed by atoms with Gasteiger partial charge in [-0.15, -0.1) is 0 Å². The average Bonchev–Trinajstić information content (AvgIpc) is 3.03. The third kappa shape index (κ3) is 3.05. The molecule has 0 atom stereocenters. The number of aromatic nitrogens is 4. The normalized spacial score (nSPS) is 11.3. The van der Waals surface area contributed by atoms with Crippen molar-refractivity contribution < 1.29 is 13.2 Å². The van der Waals surface area contributed by atoms with Crippen LogP contribution in [-0.4, -0.2) is 19.1 Å². The molecule has 9 heteroatoms. The van der Waals surface area contributed by atoms with E-state index in [0.29, 0.717) is 5.65 Å². The molecule has 0 fully saturated rings. The molecule has 0 bridgehead atoms. The molecule has 142 valence electrons. The van der Waals surface area contributed by atoms with Crippen molar-refractivity contribution in [1.29, 1.82) is 0 Å². The van der Waals surface area contributed by atoms with E-state index < -0.39 is 23.0 Å². The van der Waals surface area contributed by atoms with E-state index in [2.05, 4.69) is 9.97 Å². The van der Waals surface area contributed by atoms with Gasteiger partial charge in [0.2, 0.25) is 0 Å². The van der Waals surface area contributed by atoms with Gasteiger partial charge in [-0.3, -0.25) is 9.36 Å². The Kier molecular flexibility index (Phi) is 4.43. The van der Waals surface area contributed by atoms with Crippen molar-refractivity contribution in [2.24, 2.45) is 7.05 Å². The molecule has 28 heavy (non-hydrogen) atoms. The van der Waals surface area contributed by atoms with E-state index in [1.54, 1.807) is 11.6 Å². The number of aryl methyl sites for hydroxylation is 1. The lowest BCUT2D eigenvalue weighted by atomic mass is 10.1. The van der Waals surface area contributed by atoms with E-state index in [4.69, 9.17) is 11.6 Å². The highest BCUT2D eigenvalue weighted by Crippen LogP contribution is 2.23. The summed E-state index contributed by atoms with van der Waals surface area (Å²) in [6, 6.07) is 7.45. The fourth-order valence-electron chi connectivity index (χ4n) is 3.03. The summed E-state index contributed by atoms with van der Waals surface area (Å²) in [6.45, 7) is 0. The first-order valence-electron chi connectivity index (χ1n) is 8.17. The summed E-state index contributed by atoms with van der Waals surface area (Å²) in [5, 5.41) is 0.231. The molecule has 0 spiro atoms. The second-order valence-electron chi connectivity index (χ2n) is 6.21. The smallest absolute Gasteiger partial charge is 0.301 e. The third-order valence-electron chi connectivity index (χ3n) is 4.33. The molecule has 4 rings (SSSR count). The summed E-state index contributed by atoms with van der Waals surface area (Å²) in [5.41, 5.74) is 0.264. The molecule has 0 saturated carbocycles. The summed E-state index contributed by atoms with van der Waals surface area (Å²) < 4.78 is 44.6. The van der Waals surface area contributed by atoms with Crippen molar-refractivity contribution in [3.8, 4) is 5.69 Å². The van der Waals surface area contributed by atoms with Crippen molar-refractivity contribution in [3.05, 3.63) is 86.9 Å². The van der Waals surface area contributed by atoms with Crippen molar-refractivity contribution in [2.75, 3.05) is 0 Å². The minimum absolute atomic E-state index is 0.0626. The summed E-state index contributed by atoms with van der Waals surface area (Å²) in [6.07, 6.45) is 1.34. The van der Waals surface area contributed by atoms with Crippen LogP contribution >= 0.6 is 11.6 Å². The van der Waals surface area contributed by atoms with Crippen LogP contribution in [0.15, 0.2) is 47.5 Å². The molecule has 0 aliphatic carbocycles. The molecule has 2 heterocycles. The predicted octanol–water partition coefficient (Wildman–Crippen LogP) is 3.78. The molecule has 0 unspecified atom stereocenters. The lowest BCUT2D eigenvalue weighted by Gasteiger charge is -2.16. The molecule has 0 radical (unpaired) electrons. The topological polar surface area (TPSA) is 52.7 Å². The van der Waals surface area contributed by atoms with Gasteiger partial charge < -0.3 is 4.57 Å². The maximum Gasteiger partial charge on any atom is 0.301 e. The Hall–Kier alpha value is -3.13. The zero-order valence-electron chi connectivity index (χ0n) is 14.5. The Balaban J connectivity index is 2.01. The molecular formula is C19H12ClF3N4O. The van der Waals surface area contributed by atoms with Crippen LogP contribution in [0.25, 0.3) is 16.9 Å². The molecule has 0 aliphatic rings. The molecular weight excluding hydrogens is 393 g/mol. The number of hydrogen-bond acceptors (Lipinski definition) is 3. The maximum atomic E-state index is 14.3. The van der Waals surface area contributed by atoms with Gasteiger partial charge in [-0.05, 0) is 29.8 Å². The first kappa shape index (κ1) is 18.2. The Bertz CT molecular complexity index is 1280. The van der Waals surface area contributed by atoms with Gasteiger partial charge >= 0.3 is 5.56 Å². The van der Waals surface area contributed by atoms with Gasteiger partial charge in [-0.2, -0.15) is 4.98 Å². The number of hydrogen-bond donors (Lipinski definition) is 0. The van der Waals surface area contributed by atoms with Gasteiger partial charge in [0.15, 0.2) is 22.8 Å². The summed E-state index contributed by atoms with van der Waals surface area (Å²) >= 11 is 5.79. The average molecular weight is 405 g/mol. The standard InChI is InChI=1S/C19H12ClF3N4O/c1-26-9-24-17-18(28)25-16(6-10-2-3-11(20)7-14(10)22)27(19(17)26)12-4-5-13(21)15(23)8-12/h2-5,7-9H,6H2,1H3. The number of imidazole rings is 1.